The molecule has 2 aliphatic rings. The first-order valence-corrected chi connectivity index (χ1v) is 11.2. The Morgan fingerprint density at radius 1 is 1.24 bits per heavy atom. The molecule has 7 heteroatoms. The fraction of sp³-hybridized carbons (Fsp3) is 0.500. The van der Waals surface area contributed by atoms with Crippen molar-refractivity contribution in [3.05, 3.63) is 51.7 Å². The van der Waals surface area contributed by atoms with E-state index in [4.69, 9.17) is 4.98 Å². The van der Waals surface area contributed by atoms with Gasteiger partial charge in [-0.15, -0.1) is 11.3 Å². The lowest BCUT2D eigenvalue weighted by molar-refractivity contribution is -0.131. The van der Waals surface area contributed by atoms with Crippen LogP contribution in [0.4, 0.5) is 4.39 Å². The number of likely N-dealkylation sites (tertiary alicyclic amines) is 1. The summed E-state index contributed by atoms with van der Waals surface area (Å²) in [7, 11) is 0. The quantitative estimate of drug-likeness (QED) is 0.755. The minimum atomic E-state index is -0.326. The molecule has 1 aromatic carbocycles. The molecule has 1 saturated carbocycles. The highest BCUT2D eigenvalue weighted by Crippen LogP contribution is 2.30. The molecule has 1 N–H and O–H groups in total. The van der Waals surface area contributed by atoms with E-state index in [1.165, 1.54) is 6.07 Å². The third-order valence-corrected chi connectivity index (χ3v) is 6.68. The van der Waals surface area contributed by atoms with Crippen molar-refractivity contribution < 1.29 is 14.0 Å². The molecule has 2 fully saturated rings. The summed E-state index contributed by atoms with van der Waals surface area (Å²) in [6.45, 7) is 1.98. The smallest absolute Gasteiger partial charge is 0.227 e. The van der Waals surface area contributed by atoms with Gasteiger partial charge in [-0.1, -0.05) is 18.2 Å². The average molecular weight is 416 g/mol. The van der Waals surface area contributed by atoms with E-state index in [0.29, 0.717) is 18.7 Å². The van der Waals surface area contributed by atoms with Crippen LogP contribution in [0.1, 0.15) is 47.9 Å². The van der Waals surface area contributed by atoms with Crippen LogP contribution >= 0.6 is 11.3 Å². The van der Waals surface area contributed by atoms with E-state index < -0.39 is 0 Å². The van der Waals surface area contributed by atoms with Crippen LogP contribution in [-0.2, 0) is 22.4 Å². The third kappa shape index (κ3) is 5.21. The number of benzene rings is 1. The number of aromatic nitrogens is 1. The SMILES string of the molecule is O=C(NCCc1csc(C2CCCN(C(=O)Cc3ccccc3F)C2)n1)C1CC1. The van der Waals surface area contributed by atoms with Crippen molar-refractivity contribution >= 4 is 23.2 Å². The highest BCUT2D eigenvalue weighted by molar-refractivity contribution is 7.09. The van der Waals surface area contributed by atoms with Crippen molar-refractivity contribution in [1.29, 1.82) is 0 Å². The van der Waals surface area contributed by atoms with Gasteiger partial charge in [-0.3, -0.25) is 9.59 Å². The third-order valence-electron chi connectivity index (χ3n) is 5.62. The Kier molecular flexibility index (Phi) is 6.23. The highest BCUT2D eigenvalue weighted by atomic mass is 32.1. The zero-order valence-electron chi connectivity index (χ0n) is 16.4. The Morgan fingerprint density at radius 2 is 2.07 bits per heavy atom. The second kappa shape index (κ2) is 9.03. The normalized spacial score (nSPS) is 19.2. The number of piperidine rings is 1. The Bertz CT molecular complexity index is 880. The molecule has 0 bridgehead atoms. The zero-order valence-corrected chi connectivity index (χ0v) is 17.2. The summed E-state index contributed by atoms with van der Waals surface area (Å²) in [6.07, 6.45) is 4.80. The lowest BCUT2D eigenvalue weighted by Crippen LogP contribution is -2.40. The maximum Gasteiger partial charge on any atom is 0.227 e. The predicted octanol–water partition coefficient (Wildman–Crippen LogP) is 3.30. The lowest BCUT2D eigenvalue weighted by Gasteiger charge is -2.32. The molecule has 4 rings (SSSR count). The van der Waals surface area contributed by atoms with Gasteiger partial charge >= 0.3 is 0 Å². The van der Waals surface area contributed by atoms with Gasteiger partial charge in [0.25, 0.3) is 0 Å². The predicted molar refractivity (Wildman–Crippen MR) is 110 cm³/mol. The van der Waals surface area contributed by atoms with Crippen molar-refractivity contribution in [2.75, 3.05) is 19.6 Å². The summed E-state index contributed by atoms with van der Waals surface area (Å²) in [4.78, 5) is 31.0. The maximum atomic E-state index is 13.9. The topological polar surface area (TPSA) is 62.3 Å². The first kappa shape index (κ1) is 20.0. The Labute approximate surface area is 174 Å². The molecule has 1 aliphatic heterocycles. The monoisotopic (exact) mass is 415 g/mol. The van der Waals surface area contributed by atoms with Crippen LogP contribution in [0.25, 0.3) is 0 Å². The van der Waals surface area contributed by atoms with Gasteiger partial charge in [-0.05, 0) is 37.3 Å². The lowest BCUT2D eigenvalue weighted by atomic mass is 9.98. The number of halogens is 1. The molecule has 2 aromatic rings. The standard InChI is InChI=1S/C22H26FN3O2S/c23-19-6-2-1-4-16(19)12-20(27)26-11-3-5-17(13-26)22-25-18(14-29-22)9-10-24-21(28)15-7-8-15/h1-2,4,6,14-15,17H,3,5,7-13H2,(H,24,28). The van der Waals surface area contributed by atoms with Gasteiger partial charge in [0.2, 0.25) is 11.8 Å². The van der Waals surface area contributed by atoms with Crippen molar-refractivity contribution in [2.24, 2.45) is 5.92 Å². The molecular formula is C22H26FN3O2S. The molecule has 1 aromatic heterocycles. The van der Waals surface area contributed by atoms with Crippen molar-refractivity contribution in [3.63, 3.8) is 0 Å². The van der Waals surface area contributed by atoms with Crippen LogP contribution in [0.3, 0.4) is 0 Å². The summed E-state index contributed by atoms with van der Waals surface area (Å²) in [6, 6.07) is 6.46. The fourth-order valence-corrected chi connectivity index (χ4v) is 4.73. The van der Waals surface area contributed by atoms with Crippen LogP contribution < -0.4 is 5.32 Å². The molecular weight excluding hydrogens is 389 g/mol. The molecule has 1 aliphatic carbocycles. The molecule has 0 spiro atoms. The van der Waals surface area contributed by atoms with Crippen LogP contribution in [-0.4, -0.2) is 41.3 Å². The summed E-state index contributed by atoms with van der Waals surface area (Å²) in [5.74, 6) is 0.271. The highest BCUT2D eigenvalue weighted by Gasteiger charge is 2.29. The molecule has 1 saturated heterocycles. The number of thiazole rings is 1. The number of nitrogens with one attached hydrogen (secondary N) is 1. The zero-order chi connectivity index (χ0) is 20.2. The van der Waals surface area contributed by atoms with Crippen LogP contribution in [0.2, 0.25) is 0 Å². The molecule has 154 valence electrons. The molecule has 1 unspecified atom stereocenters. The minimum absolute atomic E-state index is 0.0284. The summed E-state index contributed by atoms with van der Waals surface area (Å²) < 4.78 is 13.9. The van der Waals surface area contributed by atoms with E-state index >= 15 is 0 Å². The van der Waals surface area contributed by atoms with Crippen LogP contribution in [0, 0.1) is 11.7 Å². The number of hydrogen-bond donors (Lipinski definition) is 1. The summed E-state index contributed by atoms with van der Waals surface area (Å²) in [5.41, 5.74) is 1.44. The van der Waals surface area contributed by atoms with E-state index in [2.05, 4.69) is 10.7 Å². The van der Waals surface area contributed by atoms with Crippen LogP contribution in [0.15, 0.2) is 29.6 Å². The Morgan fingerprint density at radius 3 is 2.86 bits per heavy atom. The van der Waals surface area contributed by atoms with Gasteiger partial charge in [0, 0.05) is 43.3 Å². The first-order valence-electron chi connectivity index (χ1n) is 10.3. The van der Waals surface area contributed by atoms with Gasteiger partial charge < -0.3 is 10.2 Å². The minimum Gasteiger partial charge on any atom is -0.355 e. The van der Waals surface area contributed by atoms with E-state index in [1.54, 1.807) is 29.5 Å². The number of amides is 2. The van der Waals surface area contributed by atoms with Crippen molar-refractivity contribution in [3.8, 4) is 0 Å². The molecule has 2 heterocycles. The Balaban J connectivity index is 1.30. The van der Waals surface area contributed by atoms with Gasteiger partial charge in [0.15, 0.2) is 0 Å². The van der Waals surface area contributed by atoms with Crippen molar-refractivity contribution in [2.45, 2.75) is 44.4 Å². The molecule has 2 amide bonds. The fourth-order valence-electron chi connectivity index (χ4n) is 3.75. The van der Waals surface area contributed by atoms with Gasteiger partial charge in [-0.25, -0.2) is 9.37 Å². The second-order valence-electron chi connectivity index (χ2n) is 7.94. The van der Waals surface area contributed by atoms with E-state index in [1.807, 2.05) is 4.90 Å². The molecule has 1 atom stereocenters. The summed E-state index contributed by atoms with van der Waals surface area (Å²) >= 11 is 1.63. The summed E-state index contributed by atoms with van der Waals surface area (Å²) in [5, 5.41) is 6.08. The molecule has 5 nitrogen and oxygen atoms in total. The van der Waals surface area contributed by atoms with Crippen molar-refractivity contribution in [1.82, 2.24) is 15.2 Å². The van der Waals surface area contributed by atoms with E-state index in [9.17, 15) is 14.0 Å². The van der Waals surface area contributed by atoms with E-state index in [0.717, 1.165) is 49.4 Å². The number of carbonyl (C=O) groups excluding carboxylic acids is 2. The Hall–Kier alpha value is -2.28. The molecule has 29 heavy (non-hydrogen) atoms. The number of rotatable bonds is 7. The largest absolute Gasteiger partial charge is 0.355 e. The number of carbonyl (C=O) groups is 2. The van der Waals surface area contributed by atoms with Crippen LogP contribution in [0.5, 0.6) is 0 Å². The molecule has 0 radical (unpaired) electrons. The van der Waals surface area contributed by atoms with Gasteiger partial charge in [0.1, 0.15) is 5.82 Å². The number of hydrogen-bond acceptors (Lipinski definition) is 4. The van der Waals surface area contributed by atoms with E-state index in [-0.39, 0.29) is 35.9 Å². The average Bonchev–Trinajstić information content (AvgIpc) is 3.48. The van der Waals surface area contributed by atoms with Gasteiger partial charge in [0.05, 0.1) is 17.1 Å². The first-order chi connectivity index (χ1) is 14.1. The second-order valence-corrected chi connectivity index (χ2v) is 8.83. The number of nitrogens with zero attached hydrogens (tertiary/aromatic N) is 2. The van der Waals surface area contributed by atoms with Gasteiger partial charge in [-0.2, -0.15) is 0 Å². The maximum absolute atomic E-state index is 13.9.